The molecular formula is C45H36O3P2PdS. The van der Waals surface area contributed by atoms with Gasteiger partial charge in [-0.2, -0.15) is 8.42 Å². The van der Waals surface area contributed by atoms with Gasteiger partial charge >= 0.3 is 0 Å². The van der Waals surface area contributed by atoms with Crippen LogP contribution in [0, 0.1) is 0 Å². The van der Waals surface area contributed by atoms with Crippen molar-refractivity contribution in [1.82, 2.24) is 0 Å². The van der Waals surface area contributed by atoms with Gasteiger partial charge in [-0.3, -0.25) is 4.55 Å². The molecule has 0 aliphatic heterocycles. The summed E-state index contributed by atoms with van der Waals surface area (Å²) in [5, 5.41) is 8.87. The zero-order valence-corrected chi connectivity index (χ0v) is 32.4. The Morgan fingerprint density at radius 1 is 0.558 bits per heavy atom. The number of hydrogen-bond donors (Lipinski definition) is 1. The van der Waals surface area contributed by atoms with Crippen molar-refractivity contribution in [3.8, 4) is 0 Å². The minimum Gasteiger partial charge on any atom is -0.286 e. The molecule has 1 atom stereocenters. The third-order valence-corrected chi connectivity index (χ3v) is 16.3. The van der Waals surface area contributed by atoms with Gasteiger partial charge in [0.05, 0.1) is 5.75 Å². The van der Waals surface area contributed by atoms with E-state index in [0.717, 1.165) is 48.3 Å². The van der Waals surface area contributed by atoms with Crippen LogP contribution >= 0.6 is 15.8 Å². The molecule has 7 aromatic carbocycles. The van der Waals surface area contributed by atoms with Gasteiger partial charge in [0.15, 0.2) is 0 Å². The Labute approximate surface area is 321 Å². The van der Waals surface area contributed by atoms with Crippen LogP contribution in [0.2, 0.25) is 0 Å². The molecule has 1 aliphatic rings. The zero-order chi connectivity index (χ0) is 34.8. The minimum absolute atomic E-state index is 0. The van der Waals surface area contributed by atoms with Gasteiger partial charge in [-0.05, 0) is 81.1 Å². The normalized spacial score (nSPS) is 15.6. The number of hydrogen-bond acceptors (Lipinski definition) is 2. The van der Waals surface area contributed by atoms with Gasteiger partial charge in [0.25, 0.3) is 10.1 Å². The first kappa shape index (κ1) is 36.3. The topological polar surface area (TPSA) is 54.4 Å². The number of benzene rings is 7. The average Bonchev–Trinajstić information content (AvgIpc) is 3.16. The van der Waals surface area contributed by atoms with Crippen molar-refractivity contribution >= 4 is 74.9 Å². The molecule has 0 heterocycles. The largest absolute Gasteiger partial charge is 0.286 e. The van der Waals surface area contributed by atoms with Crippen LogP contribution in [0.1, 0.15) is 12.0 Å². The summed E-state index contributed by atoms with van der Waals surface area (Å²) in [5.74, 6) is -0.424. The maximum atomic E-state index is 13.6. The van der Waals surface area contributed by atoms with Crippen molar-refractivity contribution in [2.24, 2.45) is 0 Å². The van der Waals surface area contributed by atoms with Crippen molar-refractivity contribution in [2.45, 2.75) is 11.6 Å². The molecule has 260 valence electrons. The number of fused-ring (bicyclic) bond motifs is 2. The standard InChI is InChI=1S/C45H36O3P2S.Pd/c46-51(47,48)33-45(50(38-23-9-3-10-24-38)39-25-11-4-12-26-39)32-31-35-18-14-16-28-41(35)44(45)43-40-27-15-13-17-34(40)29-30-42(43)49(36-19-5-1-6-20-36)37-21-7-2-8-22-37;/h1-31H,32-33H2,(H,46,47,48);. The van der Waals surface area contributed by atoms with E-state index < -0.39 is 36.9 Å². The van der Waals surface area contributed by atoms with E-state index >= 15 is 0 Å². The first-order chi connectivity index (χ1) is 24.9. The Balaban J connectivity index is 0.00000420. The molecule has 0 fully saturated rings. The van der Waals surface area contributed by atoms with Crippen molar-refractivity contribution in [3.63, 3.8) is 0 Å². The summed E-state index contributed by atoms with van der Waals surface area (Å²) in [7, 11) is -6.99. The van der Waals surface area contributed by atoms with Crippen LogP contribution in [0.5, 0.6) is 0 Å². The minimum atomic E-state index is -4.50. The van der Waals surface area contributed by atoms with Crippen molar-refractivity contribution in [2.75, 3.05) is 5.75 Å². The van der Waals surface area contributed by atoms with E-state index in [1.165, 1.54) is 10.6 Å². The Kier molecular flexibility index (Phi) is 10.8. The molecule has 0 radical (unpaired) electrons. The second kappa shape index (κ2) is 15.5. The van der Waals surface area contributed by atoms with Gasteiger partial charge in [0.2, 0.25) is 0 Å². The monoisotopic (exact) mass is 824 g/mol. The molecule has 0 saturated carbocycles. The van der Waals surface area contributed by atoms with Crippen molar-refractivity contribution < 1.29 is 33.4 Å². The molecule has 8 rings (SSSR count). The molecule has 0 aromatic heterocycles. The molecule has 0 spiro atoms. The maximum Gasteiger partial charge on any atom is 0.266 e. The van der Waals surface area contributed by atoms with Gasteiger partial charge in [-0.1, -0.05) is 188 Å². The van der Waals surface area contributed by atoms with E-state index in [1.54, 1.807) is 0 Å². The third kappa shape index (κ3) is 7.03. The van der Waals surface area contributed by atoms with Crippen LogP contribution in [-0.4, -0.2) is 23.9 Å². The SMILES string of the molecule is O=S(=O)(O)CC1(P(c2ccccc2)c2ccccc2)CC=c2ccccc2=C1c1c(P(c2ccccc2)c2ccccc2)ccc2ccccc12.[Pd]. The Bertz CT molecular complexity index is 2490. The summed E-state index contributed by atoms with van der Waals surface area (Å²) < 4.78 is 38.4. The second-order valence-corrected chi connectivity index (χ2v) is 19.0. The van der Waals surface area contributed by atoms with E-state index in [4.69, 9.17) is 0 Å². The van der Waals surface area contributed by atoms with Crippen LogP contribution in [-0.2, 0) is 30.5 Å². The van der Waals surface area contributed by atoms with Crippen molar-refractivity contribution in [1.29, 1.82) is 0 Å². The molecular weight excluding hydrogens is 789 g/mol. The Morgan fingerprint density at radius 3 is 1.60 bits per heavy atom. The molecule has 0 bridgehead atoms. The smallest absolute Gasteiger partial charge is 0.266 e. The van der Waals surface area contributed by atoms with Crippen LogP contribution in [0.25, 0.3) is 22.4 Å². The fraction of sp³-hybridized carbons (Fsp3) is 0.0667. The summed E-state index contributed by atoms with van der Waals surface area (Å²) in [6.07, 6.45) is 2.62. The van der Waals surface area contributed by atoms with Crippen LogP contribution in [0.3, 0.4) is 0 Å². The molecule has 7 aromatic rings. The second-order valence-electron chi connectivity index (χ2n) is 12.8. The van der Waals surface area contributed by atoms with Gasteiger partial charge in [0.1, 0.15) is 0 Å². The summed E-state index contributed by atoms with van der Waals surface area (Å²) in [5.41, 5.74) is 2.03. The van der Waals surface area contributed by atoms with E-state index in [0.29, 0.717) is 6.42 Å². The van der Waals surface area contributed by atoms with E-state index in [-0.39, 0.29) is 20.4 Å². The molecule has 3 nitrogen and oxygen atoms in total. The van der Waals surface area contributed by atoms with E-state index in [2.05, 4.69) is 140 Å². The maximum absolute atomic E-state index is 13.6. The summed E-state index contributed by atoms with van der Waals surface area (Å²) in [4.78, 5) is 0. The molecule has 1 aliphatic carbocycles. The first-order valence-electron chi connectivity index (χ1n) is 17.0. The molecule has 52 heavy (non-hydrogen) atoms. The van der Waals surface area contributed by atoms with Crippen molar-refractivity contribution in [3.05, 3.63) is 198 Å². The average molecular weight is 825 g/mol. The van der Waals surface area contributed by atoms with Gasteiger partial charge in [-0.25, -0.2) is 0 Å². The van der Waals surface area contributed by atoms with E-state index in [9.17, 15) is 13.0 Å². The molecule has 0 amide bonds. The summed E-state index contributed by atoms with van der Waals surface area (Å²) >= 11 is 0. The van der Waals surface area contributed by atoms with Crippen LogP contribution in [0.4, 0.5) is 0 Å². The number of rotatable bonds is 9. The van der Waals surface area contributed by atoms with Gasteiger partial charge in [-0.15, -0.1) is 0 Å². The zero-order valence-electron chi connectivity index (χ0n) is 28.2. The molecule has 0 saturated heterocycles. The fourth-order valence-corrected chi connectivity index (χ4v) is 15.0. The molecule has 1 unspecified atom stereocenters. The Hall–Kier alpha value is -4.03. The summed E-state index contributed by atoms with van der Waals surface area (Å²) in [6, 6.07) is 63.2. The molecule has 1 N–H and O–H groups in total. The van der Waals surface area contributed by atoms with Crippen LogP contribution < -0.4 is 37.0 Å². The van der Waals surface area contributed by atoms with Crippen LogP contribution in [0.15, 0.2) is 182 Å². The fourth-order valence-electron chi connectivity index (χ4n) is 7.69. The van der Waals surface area contributed by atoms with Gasteiger partial charge in [0, 0.05) is 25.6 Å². The first-order valence-corrected chi connectivity index (χ1v) is 21.3. The van der Waals surface area contributed by atoms with E-state index in [1.807, 2.05) is 48.5 Å². The summed E-state index contributed by atoms with van der Waals surface area (Å²) in [6.45, 7) is 0. The quantitative estimate of drug-likeness (QED) is 0.0999. The predicted molar refractivity (Wildman–Crippen MR) is 218 cm³/mol. The Morgan fingerprint density at radius 2 is 1.04 bits per heavy atom. The van der Waals surface area contributed by atoms with Gasteiger partial charge < -0.3 is 0 Å². The third-order valence-electron chi connectivity index (χ3n) is 9.66. The molecule has 7 heteroatoms. The predicted octanol–water partition coefficient (Wildman–Crippen LogP) is 6.74.